The van der Waals surface area contributed by atoms with Gasteiger partial charge >= 0.3 is 0 Å². The Kier molecular flexibility index (Phi) is 6.54. The SMILES string of the molecule is CCCS(=O)(=O)[NH2+]c1ccc(-c2c(C#N)c3ccc(OCC)cc3n2C2CCCC2)cc1. The number of sulfonamides is 1. The van der Waals surface area contributed by atoms with E-state index in [2.05, 4.69) is 10.6 Å². The number of benzene rings is 2. The zero-order chi connectivity index (χ0) is 22.7. The first kappa shape index (κ1) is 22.4. The summed E-state index contributed by atoms with van der Waals surface area (Å²) < 4.78 is 33.7. The third-order valence-electron chi connectivity index (χ3n) is 6.08. The van der Waals surface area contributed by atoms with Crippen molar-refractivity contribution in [3.05, 3.63) is 48.0 Å². The lowest BCUT2D eigenvalue weighted by Gasteiger charge is -2.18. The van der Waals surface area contributed by atoms with Gasteiger partial charge in [0.05, 0.1) is 23.4 Å². The largest absolute Gasteiger partial charge is 0.494 e. The predicted molar refractivity (Wildman–Crippen MR) is 126 cm³/mol. The van der Waals surface area contributed by atoms with E-state index in [1.807, 2.05) is 56.3 Å². The number of ether oxygens (including phenoxy) is 1. The fourth-order valence-corrected chi connectivity index (χ4v) is 6.01. The Morgan fingerprint density at radius 3 is 2.47 bits per heavy atom. The van der Waals surface area contributed by atoms with E-state index < -0.39 is 10.0 Å². The summed E-state index contributed by atoms with van der Waals surface area (Å²) in [6.07, 6.45) is 5.12. The molecule has 1 aliphatic carbocycles. The van der Waals surface area contributed by atoms with E-state index in [1.165, 1.54) is 17.6 Å². The molecule has 3 aromatic rings. The van der Waals surface area contributed by atoms with Crippen molar-refractivity contribution < 1.29 is 17.9 Å². The van der Waals surface area contributed by atoms with Gasteiger partial charge in [0.25, 0.3) is 10.0 Å². The van der Waals surface area contributed by atoms with Crippen LogP contribution < -0.4 is 9.46 Å². The first-order valence-electron chi connectivity index (χ1n) is 11.4. The van der Waals surface area contributed by atoms with Crippen molar-refractivity contribution in [1.29, 1.82) is 5.26 Å². The van der Waals surface area contributed by atoms with E-state index in [9.17, 15) is 13.7 Å². The molecule has 1 heterocycles. The van der Waals surface area contributed by atoms with Crippen LogP contribution in [0.5, 0.6) is 5.75 Å². The van der Waals surface area contributed by atoms with E-state index in [1.54, 1.807) is 0 Å². The number of hydrogen-bond donors (Lipinski definition) is 1. The minimum absolute atomic E-state index is 0.144. The number of primary sulfonamides is 1. The summed E-state index contributed by atoms with van der Waals surface area (Å²) in [4.78, 5) is 0. The fourth-order valence-electron chi connectivity index (χ4n) is 4.76. The summed E-state index contributed by atoms with van der Waals surface area (Å²) in [5.41, 5.74) is 4.17. The van der Waals surface area contributed by atoms with E-state index in [4.69, 9.17) is 4.74 Å². The molecule has 1 aromatic heterocycles. The van der Waals surface area contributed by atoms with Crippen LogP contribution in [0.2, 0.25) is 0 Å². The van der Waals surface area contributed by atoms with E-state index in [0.717, 1.165) is 40.8 Å². The van der Waals surface area contributed by atoms with Crippen molar-refractivity contribution in [1.82, 2.24) is 4.57 Å². The van der Waals surface area contributed by atoms with Gasteiger partial charge in [0.2, 0.25) is 0 Å². The normalized spacial score (nSPS) is 14.7. The number of nitrogens with two attached hydrogens (primary N) is 1. The first-order chi connectivity index (χ1) is 15.5. The zero-order valence-electron chi connectivity index (χ0n) is 18.7. The van der Waals surface area contributed by atoms with Gasteiger partial charge < -0.3 is 9.30 Å². The highest BCUT2D eigenvalue weighted by atomic mass is 32.2. The van der Waals surface area contributed by atoms with Gasteiger partial charge in [-0.2, -0.15) is 13.7 Å². The lowest BCUT2D eigenvalue weighted by molar-refractivity contribution is -0.397. The molecule has 7 heteroatoms. The lowest BCUT2D eigenvalue weighted by atomic mass is 10.1. The Hall–Kier alpha value is -2.82. The molecule has 1 fully saturated rings. The van der Waals surface area contributed by atoms with Crippen LogP contribution in [0.4, 0.5) is 5.69 Å². The van der Waals surface area contributed by atoms with Crippen molar-refractivity contribution in [3.63, 3.8) is 0 Å². The molecule has 0 unspecified atom stereocenters. The van der Waals surface area contributed by atoms with Crippen molar-refractivity contribution in [2.24, 2.45) is 0 Å². The van der Waals surface area contributed by atoms with E-state index in [-0.39, 0.29) is 5.75 Å². The standard InChI is InChI=1S/C25H29N3O3S/c1-3-15-32(29,30)27-19-11-9-18(10-12-19)25-23(17-26)22-14-13-21(31-4-2)16-24(22)28(25)20-7-5-6-8-20/h9-14,16,20,27H,3-8,15H2,1-2H3/p+1. The van der Waals surface area contributed by atoms with Crippen LogP contribution in [-0.4, -0.2) is 25.3 Å². The number of aromatic nitrogens is 1. The second-order valence-electron chi connectivity index (χ2n) is 8.36. The Morgan fingerprint density at radius 1 is 1.12 bits per heavy atom. The highest BCUT2D eigenvalue weighted by molar-refractivity contribution is 7.84. The molecule has 0 bridgehead atoms. The molecule has 0 aliphatic heterocycles. The number of fused-ring (bicyclic) bond motifs is 1. The van der Waals surface area contributed by atoms with Crippen molar-refractivity contribution in [2.75, 3.05) is 12.4 Å². The maximum absolute atomic E-state index is 12.2. The summed E-state index contributed by atoms with van der Waals surface area (Å²) in [5.74, 6) is 0.949. The number of hydrogen-bond acceptors (Lipinski definition) is 4. The molecule has 32 heavy (non-hydrogen) atoms. The quantitative estimate of drug-likeness (QED) is 0.505. The second kappa shape index (κ2) is 9.35. The smallest absolute Gasteiger partial charge is 0.298 e. The summed E-state index contributed by atoms with van der Waals surface area (Å²) in [6, 6.07) is 16.2. The lowest BCUT2D eigenvalue weighted by Crippen LogP contribution is -2.82. The summed E-state index contributed by atoms with van der Waals surface area (Å²) in [6.45, 7) is 4.41. The van der Waals surface area contributed by atoms with Gasteiger partial charge in [-0.05, 0) is 56.0 Å². The van der Waals surface area contributed by atoms with Gasteiger partial charge in [-0.15, -0.1) is 0 Å². The molecule has 0 saturated heterocycles. The van der Waals surface area contributed by atoms with Crippen LogP contribution in [0.3, 0.4) is 0 Å². The summed E-state index contributed by atoms with van der Waals surface area (Å²) >= 11 is 0. The molecular weight excluding hydrogens is 422 g/mol. The average Bonchev–Trinajstić information content (AvgIpc) is 3.39. The monoisotopic (exact) mass is 452 g/mol. The maximum atomic E-state index is 12.2. The molecule has 2 N–H and O–H groups in total. The van der Waals surface area contributed by atoms with Gasteiger partial charge in [0.1, 0.15) is 23.3 Å². The van der Waals surface area contributed by atoms with Gasteiger partial charge in [0, 0.05) is 29.6 Å². The van der Waals surface area contributed by atoms with E-state index in [0.29, 0.717) is 30.3 Å². The zero-order valence-corrected chi connectivity index (χ0v) is 19.5. The predicted octanol–water partition coefficient (Wildman–Crippen LogP) is 4.63. The average molecular weight is 453 g/mol. The highest BCUT2D eigenvalue weighted by Crippen LogP contribution is 2.42. The Bertz CT molecular complexity index is 1250. The molecule has 1 saturated carbocycles. The third kappa shape index (κ3) is 4.38. The minimum atomic E-state index is -3.22. The molecule has 4 rings (SSSR count). The minimum Gasteiger partial charge on any atom is -0.494 e. The van der Waals surface area contributed by atoms with E-state index >= 15 is 0 Å². The third-order valence-corrected chi connectivity index (χ3v) is 7.69. The number of nitriles is 1. The molecule has 0 amide bonds. The van der Waals surface area contributed by atoms with Crippen LogP contribution in [0.15, 0.2) is 42.5 Å². The molecule has 0 atom stereocenters. The molecule has 168 valence electrons. The maximum Gasteiger partial charge on any atom is 0.298 e. The second-order valence-corrected chi connectivity index (χ2v) is 10.3. The molecule has 2 aromatic carbocycles. The molecule has 1 aliphatic rings. The first-order valence-corrected chi connectivity index (χ1v) is 13.1. The van der Waals surface area contributed by atoms with Gasteiger partial charge in [-0.25, -0.2) is 4.72 Å². The highest BCUT2D eigenvalue weighted by Gasteiger charge is 2.26. The van der Waals surface area contributed by atoms with Crippen molar-refractivity contribution >= 4 is 26.6 Å². The van der Waals surface area contributed by atoms with Gasteiger partial charge in [-0.1, -0.05) is 19.8 Å². The van der Waals surface area contributed by atoms with Crippen LogP contribution in [0.25, 0.3) is 22.2 Å². The van der Waals surface area contributed by atoms with Crippen LogP contribution in [0.1, 0.15) is 57.6 Å². The van der Waals surface area contributed by atoms with Crippen molar-refractivity contribution in [3.8, 4) is 23.1 Å². The summed E-state index contributed by atoms with van der Waals surface area (Å²) in [7, 11) is -3.22. The number of rotatable bonds is 8. The number of quaternary nitrogens is 1. The Morgan fingerprint density at radius 2 is 1.84 bits per heavy atom. The molecule has 6 nitrogen and oxygen atoms in total. The van der Waals surface area contributed by atoms with Crippen LogP contribution in [-0.2, 0) is 10.0 Å². The van der Waals surface area contributed by atoms with Crippen molar-refractivity contribution in [2.45, 2.75) is 52.0 Å². The number of nitrogens with zero attached hydrogens (tertiary/aromatic N) is 2. The Labute approximate surface area is 189 Å². The fraction of sp³-hybridized carbons (Fsp3) is 0.400. The van der Waals surface area contributed by atoms with Gasteiger partial charge in [0.15, 0.2) is 0 Å². The summed E-state index contributed by atoms with van der Waals surface area (Å²) in [5, 5.41) is 11.0. The van der Waals surface area contributed by atoms with Gasteiger partial charge in [-0.3, -0.25) is 0 Å². The van der Waals surface area contributed by atoms with Crippen LogP contribution in [0, 0.1) is 11.3 Å². The molecular formula is C25H30N3O3S+. The Balaban J connectivity index is 1.84. The van der Waals surface area contributed by atoms with Crippen LogP contribution >= 0.6 is 0 Å². The topological polar surface area (TPSA) is 88.7 Å². The molecule has 0 spiro atoms. The molecule has 0 radical (unpaired) electrons.